The predicted octanol–water partition coefficient (Wildman–Crippen LogP) is 1.01. The van der Waals surface area contributed by atoms with Gasteiger partial charge in [0.25, 0.3) is 11.8 Å². The molecule has 2 aliphatic heterocycles. The molecule has 1 aromatic carbocycles. The highest BCUT2D eigenvalue weighted by Gasteiger charge is 2.53. The van der Waals surface area contributed by atoms with E-state index in [2.05, 4.69) is 15.5 Å². The Bertz CT molecular complexity index is 1080. The molecule has 1 saturated heterocycles. The SMILES string of the molecule is Nc1nc(/C(=N\OCc2ccccc2)C(=O)NC2C(=O)N3C(C(=O)O)=CCSC23)cs1. The molecule has 2 unspecified atom stereocenters. The highest BCUT2D eigenvalue weighted by molar-refractivity contribution is 8.00. The number of nitrogens with two attached hydrogens (primary N) is 1. The minimum absolute atomic E-state index is 0.0772. The van der Waals surface area contributed by atoms with E-state index in [4.69, 9.17) is 10.6 Å². The first-order valence-electron chi connectivity index (χ1n) is 9.10. The lowest BCUT2D eigenvalue weighted by Gasteiger charge is -2.48. The van der Waals surface area contributed by atoms with E-state index >= 15 is 0 Å². The highest BCUT2D eigenvalue weighted by atomic mass is 32.2. The average Bonchev–Trinajstić information content (AvgIpc) is 3.20. The molecule has 2 aliphatic rings. The number of aliphatic carboxylic acids is 1. The van der Waals surface area contributed by atoms with Crippen LogP contribution < -0.4 is 11.1 Å². The molecule has 4 N–H and O–H groups in total. The lowest BCUT2D eigenvalue weighted by Crippen LogP contribution is -2.70. The maximum atomic E-state index is 12.9. The first-order valence-corrected chi connectivity index (χ1v) is 11.0. The summed E-state index contributed by atoms with van der Waals surface area (Å²) >= 11 is 2.50. The Hall–Kier alpha value is -3.38. The van der Waals surface area contributed by atoms with Crippen molar-refractivity contribution in [1.29, 1.82) is 0 Å². The summed E-state index contributed by atoms with van der Waals surface area (Å²) in [5.74, 6) is -1.92. The molecule has 0 saturated carbocycles. The molecule has 1 fully saturated rings. The molecule has 3 heterocycles. The summed E-state index contributed by atoms with van der Waals surface area (Å²) in [5.41, 5.74) is 6.57. The summed E-state index contributed by atoms with van der Waals surface area (Å²) < 4.78 is 0. The van der Waals surface area contributed by atoms with Crippen molar-refractivity contribution < 1.29 is 24.3 Å². The Labute approximate surface area is 184 Å². The number of hydrogen-bond donors (Lipinski definition) is 3. The summed E-state index contributed by atoms with van der Waals surface area (Å²) in [4.78, 5) is 47.4. The van der Waals surface area contributed by atoms with Crippen molar-refractivity contribution in [3.05, 3.63) is 58.7 Å². The largest absolute Gasteiger partial charge is 0.477 e. The molecular weight excluding hydrogens is 442 g/mol. The summed E-state index contributed by atoms with van der Waals surface area (Å²) in [7, 11) is 0. The molecule has 0 aliphatic carbocycles. The number of nitrogens with one attached hydrogen (secondary N) is 1. The van der Waals surface area contributed by atoms with E-state index in [0.717, 1.165) is 16.9 Å². The molecule has 12 heteroatoms. The van der Waals surface area contributed by atoms with Crippen molar-refractivity contribution in [1.82, 2.24) is 15.2 Å². The van der Waals surface area contributed by atoms with Gasteiger partial charge in [-0.05, 0) is 11.6 Å². The second kappa shape index (κ2) is 8.78. The van der Waals surface area contributed by atoms with Crippen LogP contribution >= 0.6 is 23.1 Å². The number of thioether (sulfide) groups is 1. The molecule has 2 amide bonds. The molecule has 2 atom stereocenters. The quantitative estimate of drug-likeness (QED) is 0.316. The van der Waals surface area contributed by atoms with E-state index in [-0.39, 0.29) is 28.8 Å². The molecule has 0 bridgehead atoms. The number of thiazole rings is 1. The van der Waals surface area contributed by atoms with Gasteiger partial charge in [0.1, 0.15) is 29.4 Å². The van der Waals surface area contributed by atoms with Crippen LogP contribution in [0.25, 0.3) is 0 Å². The summed E-state index contributed by atoms with van der Waals surface area (Å²) in [5, 5.41) is 17.1. The number of nitrogen functional groups attached to an aromatic ring is 1. The van der Waals surface area contributed by atoms with Crippen molar-refractivity contribution in [3.63, 3.8) is 0 Å². The summed E-state index contributed by atoms with van der Waals surface area (Å²) in [6.07, 6.45) is 1.47. The van der Waals surface area contributed by atoms with Crippen LogP contribution in [0.4, 0.5) is 5.13 Å². The normalized spacial score (nSPS) is 20.4. The van der Waals surface area contributed by atoms with Gasteiger partial charge in [-0.25, -0.2) is 9.78 Å². The molecule has 31 heavy (non-hydrogen) atoms. The number of fused-ring (bicyclic) bond motifs is 1. The molecule has 160 valence electrons. The van der Waals surface area contributed by atoms with E-state index in [1.165, 1.54) is 22.7 Å². The number of nitrogens with zero attached hydrogens (tertiary/aromatic N) is 3. The second-order valence-electron chi connectivity index (χ2n) is 6.55. The second-order valence-corrected chi connectivity index (χ2v) is 8.59. The molecular formula is C19H17N5O5S2. The minimum atomic E-state index is -1.18. The number of carboxylic acid groups (broad SMARTS) is 1. The summed E-state index contributed by atoms with van der Waals surface area (Å²) in [6.45, 7) is 0.138. The minimum Gasteiger partial charge on any atom is -0.477 e. The average molecular weight is 460 g/mol. The Morgan fingerprint density at radius 2 is 2.13 bits per heavy atom. The van der Waals surface area contributed by atoms with Gasteiger partial charge in [-0.15, -0.1) is 23.1 Å². The van der Waals surface area contributed by atoms with Gasteiger partial charge in [0.2, 0.25) is 0 Å². The number of benzene rings is 1. The maximum absolute atomic E-state index is 12.9. The van der Waals surface area contributed by atoms with Gasteiger partial charge in [0, 0.05) is 11.1 Å². The fourth-order valence-electron chi connectivity index (χ4n) is 3.09. The fourth-order valence-corrected chi connectivity index (χ4v) is 4.84. The zero-order chi connectivity index (χ0) is 22.0. The first-order chi connectivity index (χ1) is 15.0. The number of aromatic nitrogens is 1. The van der Waals surface area contributed by atoms with E-state index in [1.54, 1.807) is 5.38 Å². The third kappa shape index (κ3) is 4.25. The smallest absolute Gasteiger partial charge is 0.352 e. The van der Waals surface area contributed by atoms with Crippen molar-refractivity contribution in [3.8, 4) is 0 Å². The van der Waals surface area contributed by atoms with Gasteiger partial charge in [0.05, 0.1) is 0 Å². The third-order valence-corrected chi connectivity index (χ3v) is 6.42. The zero-order valence-electron chi connectivity index (χ0n) is 15.9. The van der Waals surface area contributed by atoms with Crippen LogP contribution in [0.5, 0.6) is 0 Å². The number of oxime groups is 1. The summed E-state index contributed by atoms with van der Waals surface area (Å²) in [6, 6.07) is 8.41. The van der Waals surface area contributed by atoms with Crippen LogP contribution in [0.15, 0.2) is 52.6 Å². The molecule has 10 nitrogen and oxygen atoms in total. The number of carboxylic acids is 1. The van der Waals surface area contributed by atoms with E-state index in [9.17, 15) is 19.5 Å². The van der Waals surface area contributed by atoms with Crippen LogP contribution in [0.1, 0.15) is 11.3 Å². The number of anilines is 1. The zero-order valence-corrected chi connectivity index (χ0v) is 17.6. The van der Waals surface area contributed by atoms with Gasteiger partial charge in [-0.1, -0.05) is 35.5 Å². The highest BCUT2D eigenvalue weighted by Crippen LogP contribution is 2.37. The third-order valence-electron chi connectivity index (χ3n) is 4.56. The van der Waals surface area contributed by atoms with E-state index < -0.39 is 29.2 Å². The van der Waals surface area contributed by atoms with Crippen LogP contribution in [0, 0.1) is 0 Å². The lowest BCUT2D eigenvalue weighted by atomic mass is 10.0. The molecule has 0 radical (unpaired) electrons. The number of rotatable bonds is 7. The van der Waals surface area contributed by atoms with Gasteiger partial charge in [-0.2, -0.15) is 0 Å². The van der Waals surface area contributed by atoms with Gasteiger partial charge in [0.15, 0.2) is 10.8 Å². The lowest BCUT2D eigenvalue weighted by molar-refractivity contribution is -0.150. The van der Waals surface area contributed by atoms with Gasteiger partial charge in [-0.3, -0.25) is 14.5 Å². The Balaban J connectivity index is 1.49. The predicted molar refractivity (Wildman–Crippen MR) is 115 cm³/mol. The molecule has 4 rings (SSSR count). The Morgan fingerprint density at radius 1 is 1.35 bits per heavy atom. The van der Waals surface area contributed by atoms with E-state index in [1.807, 2.05) is 30.3 Å². The van der Waals surface area contributed by atoms with Crippen LogP contribution in [0.3, 0.4) is 0 Å². The molecule has 2 aromatic rings. The van der Waals surface area contributed by atoms with Gasteiger partial charge < -0.3 is 21.0 Å². The fraction of sp³-hybridized carbons (Fsp3) is 0.211. The first kappa shape index (κ1) is 20.9. The van der Waals surface area contributed by atoms with Crippen LogP contribution in [0.2, 0.25) is 0 Å². The standard InChI is InChI=1S/C19H17N5O5S2/c20-19-21-11(9-31-19)13(23-29-8-10-4-2-1-3-5-10)15(25)22-14-16(26)24-12(18(27)28)6-7-30-17(14)24/h1-6,9,14,17H,7-8H2,(H2,20,21)(H,22,25)(H,27,28)/b23-13+. The van der Waals surface area contributed by atoms with Crippen LogP contribution in [-0.2, 0) is 25.8 Å². The number of carbonyl (C=O) groups is 3. The molecule has 1 aromatic heterocycles. The number of hydrogen-bond acceptors (Lipinski definition) is 9. The van der Waals surface area contributed by atoms with Crippen molar-refractivity contribution >= 4 is 51.7 Å². The number of β-lactam (4-membered cyclic amide) rings is 1. The number of amides is 2. The van der Waals surface area contributed by atoms with Crippen molar-refractivity contribution in [2.24, 2.45) is 5.16 Å². The molecule has 0 spiro atoms. The topological polar surface area (TPSA) is 147 Å². The Kier molecular flexibility index (Phi) is 5.91. The van der Waals surface area contributed by atoms with Crippen molar-refractivity contribution in [2.45, 2.75) is 18.0 Å². The van der Waals surface area contributed by atoms with Crippen LogP contribution in [-0.4, -0.2) is 55.7 Å². The van der Waals surface area contributed by atoms with Gasteiger partial charge >= 0.3 is 5.97 Å². The Morgan fingerprint density at radius 3 is 2.81 bits per heavy atom. The number of carbonyl (C=O) groups excluding carboxylic acids is 2. The maximum Gasteiger partial charge on any atom is 0.352 e. The van der Waals surface area contributed by atoms with Crippen molar-refractivity contribution in [2.75, 3.05) is 11.5 Å². The monoisotopic (exact) mass is 459 g/mol. The van der Waals surface area contributed by atoms with E-state index in [0.29, 0.717) is 5.75 Å².